The number of nitro groups is 1. The lowest BCUT2D eigenvalue weighted by molar-refractivity contribution is -0.384. The summed E-state index contributed by atoms with van der Waals surface area (Å²) in [6, 6.07) is 42.7. The number of hydrogen-bond donors (Lipinski definition) is 0. The molecule has 0 saturated carbocycles. The first-order chi connectivity index (χ1) is 21.1. The summed E-state index contributed by atoms with van der Waals surface area (Å²) >= 11 is 3.55. The van der Waals surface area contributed by atoms with Crippen molar-refractivity contribution in [2.24, 2.45) is 0 Å². The molecule has 0 spiro atoms. The number of fused-ring (bicyclic) bond motifs is 6. The van der Waals surface area contributed by atoms with Gasteiger partial charge < -0.3 is 0 Å². The normalized spacial score (nSPS) is 11.4. The second kappa shape index (κ2) is 9.88. The van der Waals surface area contributed by atoms with Crippen LogP contribution in [0.4, 0.5) is 5.69 Å². The van der Waals surface area contributed by atoms with Crippen molar-refractivity contribution in [3.8, 4) is 39.4 Å². The fraction of sp³-hybridized carbons (Fsp3) is 0. The standard InChI is InChI=1S/C37H20N2O2S2/c38-21-22-9-12-33(39(40)41)30(15-22)27-17-25(23-10-13-36-31(19-23)28-5-1-3-7-34(28)42-36)16-26(18-27)24-11-14-37-32(20-24)29-6-2-4-8-35(29)43-37/h1-20H. The summed E-state index contributed by atoms with van der Waals surface area (Å²) in [6.07, 6.45) is 0. The molecule has 0 bridgehead atoms. The van der Waals surface area contributed by atoms with E-state index in [9.17, 15) is 15.4 Å². The average molecular weight is 589 g/mol. The van der Waals surface area contributed by atoms with Crippen molar-refractivity contribution in [3.05, 3.63) is 137 Å². The number of hydrogen-bond acceptors (Lipinski definition) is 5. The molecule has 8 aromatic rings. The maximum Gasteiger partial charge on any atom is 0.277 e. The van der Waals surface area contributed by atoms with Crippen molar-refractivity contribution < 1.29 is 4.92 Å². The van der Waals surface area contributed by atoms with Crippen LogP contribution in [0.1, 0.15) is 5.56 Å². The molecule has 0 atom stereocenters. The zero-order valence-electron chi connectivity index (χ0n) is 22.6. The first kappa shape index (κ1) is 25.4. The van der Waals surface area contributed by atoms with E-state index in [2.05, 4.69) is 97.1 Å². The smallest absolute Gasteiger partial charge is 0.258 e. The van der Waals surface area contributed by atoms with Gasteiger partial charge in [-0.2, -0.15) is 5.26 Å². The first-order valence-electron chi connectivity index (χ1n) is 13.7. The van der Waals surface area contributed by atoms with E-state index in [0.29, 0.717) is 16.7 Å². The molecule has 0 fully saturated rings. The van der Waals surface area contributed by atoms with Crippen LogP contribution in [-0.4, -0.2) is 4.92 Å². The number of nitriles is 1. The van der Waals surface area contributed by atoms with Crippen LogP contribution in [0.5, 0.6) is 0 Å². The highest BCUT2D eigenvalue weighted by atomic mass is 32.1. The molecule has 43 heavy (non-hydrogen) atoms. The Kier molecular flexibility index (Phi) is 5.83. The molecule has 2 heterocycles. The van der Waals surface area contributed by atoms with Crippen LogP contribution >= 0.6 is 22.7 Å². The first-order valence-corrected chi connectivity index (χ1v) is 15.4. The Morgan fingerprint density at radius 1 is 0.535 bits per heavy atom. The van der Waals surface area contributed by atoms with E-state index in [-0.39, 0.29) is 10.6 Å². The van der Waals surface area contributed by atoms with Gasteiger partial charge in [0.1, 0.15) is 0 Å². The van der Waals surface area contributed by atoms with E-state index in [1.807, 2.05) is 12.1 Å². The van der Waals surface area contributed by atoms with Crippen LogP contribution in [0, 0.1) is 21.4 Å². The van der Waals surface area contributed by atoms with Gasteiger partial charge in [0, 0.05) is 46.4 Å². The summed E-state index contributed by atoms with van der Waals surface area (Å²) in [7, 11) is 0. The highest BCUT2D eigenvalue weighted by Gasteiger charge is 2.19. The van der Waals surface area contributed by atoms with Crippen LogP contribution in [0.15, 0.2) is 121 Å². The highest BCUT2D eigenvalue weighted by Crippen LogP contribution is 2.42. The van der Waals surface area contributed by atoms with E-state index in [1.165, 1.54) is 52.5 Å². The Labute approximate surface area is 254 Å². The molecule has 0 aliphatic heterocycles. The molecule has 0 aliphatic carbocycles. The zero-order chi connectivity index (χ0) is 29.1. The molecule has 2 aromatic heterocycles. The molecule has 6 aromatic carbocycles. The number of thiophene rings is 2. The Morgan fingerprint density at radius 3 is 1.58 bits per heavy atom. The maximum atomic E-state index is 12.1. The van der Waals surface area contributed by atoms with Crippen LogP contribution in [0.3, 0.4) is 0 Å². The predicted molar refractivity (Wildman–Crippen MR) is 180 cm³/mol. The third-order valence-corrected chi connectivity index (χ3v) is 10.3. The van der Waals surface area contributed by atoms with Gasteiger partial charge in [-0.25, -0.2) is 0 Å². The molecule has 0 amide bonds. The molecule has 202 valence electrons. The summed E-state index contributed by atoms with van der Waals surface area (Å²) in [6.45, 7) is 0. The molecule has 0 aliphatic rings. The Hall–Kier alpha value is -5.35. The van der Waals surface area contributed by atoms with Crippen LogP contribution in [0.25, 0.3) is 73.7 Å². The Bertz CT molecular complexity index is 2330. The number of rotatable bonds is 4. The largest absolute Gasteiger partial charge is 0.277 e. The van der Waals surface area contributed by atoms with Crippen molar-refractivity contribution in [2.75, 3.05) is 0 Å². The van der Waals surface area contributed by atoms with E-state index in [0.717, 1.165) is 22.3 Å². The van der Waals surface area contributed by atoms with Gasteiger partial charge in [-0.1, -0.05) is 48.5 Å². The molecule has 0 N–H and O–H groups in total. The third kappa shape index (κ3) is 4.26. The molecular weight excluding hydrogens is 569 g/mol. The lowest BCUT2D eigenvalue weighted by Gasteiger charge is -2.12. The zero-order valence-corrected chi connectivity index (χ0v) is 24.2. The molecule has 0 radical (unpaired) electrons. The van der Waals surface area contributed by atoms with Gasteiger partial charge in [0.2, 0.25) is 0 Å². The minimum Gasteiger partial charge on any atom is -0.258 e. The van der Waals surface area contributed by atoms with Crippen molar-refractivity contribution >= 4 is 68.7 Å². The fourth-order valence-electron chi connectivity index (χ4n) is 5.92. The minimum atomic E-state index is -0.379. The lowest BCUT2D eigenvalue weighted by atomic mass is 9.91. The van der Waals surface area contributed by atoms with E-state index >= 15 is 0 Å². The maximum absolute atomic E-state index is 12.1. The minimum absolute atomic E-state index is 0.0272. The van der Waals surface area contributed by atoms with Gasteiger partial charge in [-0.05, 0) is 94.5 Å². The van der Waals surface area contributed by atoms with Crippen molar-refractivity contribution in [1.29, 1.82) is 5.26 Å². The highest BCUT2D eigenvalue weighted by molar-refractivity contribution is 7.26. The van der Waals surface area contributed by atoms with Gasteiger partial charge in [-0.15, -0.1) is 22.7 Å². The van der Waals surface area contributed by atoms with Crippen LogP contribution in [-0.2, 0) is 0 Å². The molecular formula is C37H20N2O2S2. The lowest BCUT2D eigenvalue weighted by Crippen LogP contribution is -1.94. The van der Waals surface area contributed by atoms with Gasteiger partial charge >= 0.3 is 0 Å². The van der Waals surface area contributed by atoms with E-state index in [4.69, 9.17) is 0 Å². The SMILES string of the molecule is N#Cc1ccc([N+](=O)[O-])c(-c2cc(-c3ccc4sc5ccccc5c4c3)cc(-c3ccc4sc5ccccc5c4c3)c2)c1. The summed E-state index contributed by atoms with van der Waals surface area (Å²) < 4.78 is 4.91. The van der Waals surface area contributed by atoms with Crippen molar-refractivity contribution in [3.63, 3.8) is 0 Å². The molecule has 6 heteroatoms. The number of nitro benzene ring substituents is 1. The number of benzene rings is 6. The van der Waals surface area contributed by atoms with Crippen LogP contribution in [0.2, 0.25) is 0 Å². The van der Waals surface area contributed by atoms with Gasteiger partial charge in [0.05, 0.1) is 22.1 Å². The van der Waals surface area contributed by atoms with Gasteiger partial charge in [0.25, 0.3) is 5.69 Å². The fourth-order valence-corrected chi connectivity index (χ4v) is 8.10. The summed E-state index contributed by atoms with van der Waals surface area (Å²) in [5.41, 5.74) is 5.44. The quantitative estimate of drug-likeness (QED) is 0.152. The number of nitrogens with zero attached hydrogens (tertiary/aromatic N) is 2. The Morgan fingerprint density at radius 2 is 1.05 bits per heavy atom. The second-order valence-electron chi connectivity index (χ2n) is 10.5. The Balaban J connectivity index is 1.39. The van der Waals surface area contributed by atoms with E-state index < -0.39 is 0 Å². The van der Waals surface area contributed by atoms with Crippen LogP contribution < -0.4 is 0 Å². The molecule has 8 rings (SSSR count). The van der Waals surface area contributed by atoms with E-state index in [1.54, 1.807) is 28.7 Å². The predicted octanol–water partition coefficient (Wildman–Crippen LogP) is 11.2. The summed E-state index contributed by atoms with van der Waals surface area (Å²) in [5, 5.41) is 26.5. The molecule has 4 nitrogen and oxygen atoms in total. The monoisotopic (exact) mass is 588 g/mol. The average Bonchev–Trinajstić information content (AvgIpc) is 3.61. The van der Waals surface area contributed by atoms with Crippen molar-refractivity contribution in [2.45, 2.75) is 0 Å². The summed E-state index contributed by atoms with van der Waals surface area (Å²) in [5.74, 6) is 0. The van der Waals surface area contributed by atoms with Gasteiger partial charge in [-0.3, -0.25) is 10.1 Å². The van der Waals surface area contributed by atoms with Crippen molar-refractivity contribution in [1.82, 2.24) is 0 Å². The second-order valence-corrected chi connectivity index (χ2v) is 12.7. The summed E-state index contributed by atoms with van der Waals surface area (Å²) in [4.78, 5) is 11.7. The molecule has 0 unspecified atom stereocenters. The van der Waals surface area contributed by atoms with Gasteiger partial charge in [0.15, 0.2) is 0 Å². The third-order valence-electron chi connectivity index (χ3n) is 7.99. The topological polar surface area (TPSA) is 66.9 Å². The molecule has 0 saturated heterocycles.